The molecule has 0 aliphatic carbocycles. The Kier molecular flexibility index (Phi) is 4.19. The Hall–Kier alpha value is -2.62. The number of carbonyl (C=O) groups excluding carboxylic acids is 1. The molecule has 0 spiro atoms. The molecule has 0 unspecified atom stereocenters. The molecule has 1 heterocycles. The standard InChI is InChI=1S/C18H19N3O/c1-14-7-9-15(10-8-14)18(22)19-11-4-12-21-17-6-3-2-5-16(17)13-20-21/h2-3,5-10,13H,4,11-12H2,1H3,(H,19,22). The Morgan fingerprint density at radius 3 is 2.73 bits per heavy atom. The van der Waals surface area contributed by atoms with Gasteiger partial charge in [-0.25, -0.2) is 0 Å². The molecule has 3 aromatic rings. The number of fused-ring (bicyclic) bond motifs is 1. The number of nitrogens with one attached hydrogen (secondary N) is 1. The number of carbonyl (C=O) groups is 1. The molecule has 0 radical (unpaired) electrons. The second-order valence-corrected chi connectivity index (χ2v) is 5.40. The van der Waals surface area contributed by atoms with E-state index in [0.717, 1.165) is 29.4 Å². The third-order valence-electron chi connectivity index (χ3n) is 3.70. The minimum absolute atomic E-state index is 0.0228. The maximum atomic E-state index is 12.0. The van der Waals surface area contributed by atoms with Gasteiger partial charge >= 0.3 is 0 Å². The minimum atomic E-state index is -0.0228. The predicted molar refractivity (Wildman–Crippen MR) is 87.9 cm³/mol. The van der Waals surface area contributed by atoms with Crippen molar-refractivity contribution in [3.05, 3.63) is 65.9 Å². The normalized spacial score (nSPS) is 10.8. The van der Waals surface area contributed by atoms with Crippen molar-refractivity contribution in [1.29, 1.82) is 0 Å². The van der Waals surface area contributed by atoms with Crippen LogP contribution >= 0.6 is 0 Å². The predicted octanol–water partition coefficient (Wildman–Crippen LogP) is 3.16. The molecule has 1 aromatic heterocycles. The average molecular weight is 293 g/mol. The number of hydrogen-bond donors (Lipinski definition) is 1. The molecule has 0 aliphatic heterocycles. The van der Waals surface area contributed by atoms with E-state index in [-0.39, 0.29) is 5.91 Å². The summed E-state index contributed by atoms with van der Waals surface area (Å²) < 4.78 is 1.98. The number of nitrogens with zero attached hydrogens (tertiary/aromatic N) is 2. The Morgan fingerprint density at radius 2 is 1.91 bits per heavy atom. The molecule has 0 saturated carbocycles. The van der Waals surface area contributed by atoms with Crippen molar-refractivity contribution in [1.82, 2.24) is 15.1 Å². The lowest BCUT2D eigenvalue weighted by molar-refractivity contribution is 0.0952. The second-order valence-electron chi connectivity index (χ2n) is 5.40. The van der Waals surface area contributed by atoms with Gasteiger partial charge in [-0.1, -0.05) is 35.9 Å². The first-order valence-corrected chi connectivity index (χ1v) is 7.49. The van der Waals surface area contributed by atoms with Gasteiger partial charge in [0, 0.05) is 24.0 Å². The summed E-state index contributed by atoms with van der Waals surface area (Å²) in [6, 6.07) is 15.7. The van der Waals surface area contributed by atoms with Crippen LogP contribution in [-0.4, -0.2) is 22.2 Å². The highest BCUT2D eigenvalue weighted by atomic mass is 16.1. The van der Waals surface area contributed by atoms with E-state index in [4.69, 9.17) is 0 Å². The summed E-state index contributed by atoms with van der Waals surface area (Å²) in [5.74, 6) is -0.0228. The minimum Gasteiger partial charge on any atom is -0.352 e. The van der Waals surface area contributed by atoms with Crippen molar-refractivity contribution in [2.75, 3.05) is 6.54 Å². The summed E-state index contributed by atoms with van der Waals surface area (Å²) in [6.45, 7) is 3.44. The maximum Gasteiger partial charge on any atom is 0.251 e. The summed E-state index contributed by atoms with van der Waals surface area (Å²) >= 11 is 0. The molecule has 1 amide bonds. The first kappa shape index (κ1) is 14.3. The largest absolute Gasteiger partial charge is 0.352 e. The van der Waals surface area contributed by atoms with Crippen LogP contribution in [0.15, 0.2) is 54.7 Å². The lowest BCUT2D eigenvalue weighted by atomic mass is 10.1. The lowest BCUT2D eigenvalue weighted by Gasteiger charge is -2.06. The van der Waals surface area contributed by atoms with Gasteiger partial charge in [0.1, 0.15) is 0 Å². The zero-order valence-corrected chi connectivity index (χ0v) is 12.6. The van der Waals surface area contributed by atoms with Crippen molar-refractivity contribution in [3.63, 3.8) is 0 Å². The second kappa shape index (κ2) is 6.43. The number of aromatic nitrogens is 2. The first-order chi connectivity index (χ1) is 10.7. The van der Waals surface area contributed by atoms with E-state index in [1.54, 1.807) is 0 Å². The summed E-state index contributed by atoms with van der Waals surface area (Å²) in [7, 11) is 0. The third kappa shape index (κ3) is 3.17. The molecule has 3 rings (SSSR count). The number of aryl methyl sites for hydroxylation is 2. The summed E-state index contributed by atoms with van der Waals surface area (Å²) in [6.07, 6.45) is 2.73. The lowest BCUT2D eigenvalue weighted by Crippen LogP contribution is -2.25. The maximum absolute atomic E-state index is 12.0. The molecule has 2 aromatic carbocycles. The van der Waals surface area contributed by atoms with Crippen LogP contribution in [0.3, 0.4) is 0 Å². The van der Waals surface area contributed by atoms with E-state index < -0.39 is 0 Å². The van der Waals surface area contributed by atoms with Gasteiger partial charge in [-0.05, 0) is 31.5 Å². The third-order valence-corrected chi connectivity index (χ3v) is 3.70. The van der Waals surface area contributed by atoms with Crippen LogP contribution in [0.25, 0.3) is 10.9 Å². The average Bonchev–Trinajstić information content (AvgIpc) is 2.95. The number of hydrogen-bond acceptors (Lipinski definition) is 2. The van der Waals surface area contributed by atoms with Crippen molar-refractivity contribution >= 4 is 16.8 Å². The van der Waals surface area contributed by atoms with Crippen LogP contribution in [0.1, 0.15) is 22.3 Å². The van der Waals surface area contributed by atoms with E-state index >= 15 is 0 Å². The summed E-state index contributed by atoms with van der Waals surface area (Å²) in [4.78, 5) is 12.0. The first-order valence-electron chi connectivity index (χ1n) is 7.49. The number of benzene rings is 2. The molecule has 22 heavy (non-hydrogen) atoms. The van der Waals surface area contributed by atoms with Crippen LogP contribution < -0.4 is 5.32 Å². The fourth-order valence-corrected chi connectivity index (χ4v) is 2.44. The van der Waals surface area contributed by atoms with E-state index in [9.17, 15) is 4.79 Å². The fraction of sp³-hybridized carbons (Fsp3) is 0.222. The molecule has 1 N–H and O–H groups in total. The Balaban J connectivity index is 1.51. The van der Waals surface area contributed by atoms with E-state index in [1.165, 1.54) is 0 Å². The zero-order valence-electron chi connectivity index (χ0n) is 12.6. The van der Waals surface area contributed by atoms with E-state index in [1.807, 2.05) is 54.2 Å². The monoisotopic (exact) mass is 293 g/mol. The Bertz CT molecular complexity index is 774. The molecule has 0 atom stereocenters. The molecule has 0 bridgehead atoms. The molecule has 4 nitrogen and oxygen atoms in total. The fourth-order valence-electron chi connectivity index (χ4n) is 2.44. The van der Waals surface area contributed by atoms with Gasteiger partial charge in [0.2, 0.25) is 0 Å². The van der Waals surface area contributed by atoms with Gasteiger partial charge in [-0.15, -0.1) is 0 Å². The Morgan fingerprint density at radius 1 is 1.14 bits per heavy atom. The SMILES string of the molecule is Cc1ccc(C(=O)NCCCn2ncc3ccccc32)cc1. The molecular formula is C18H19N3O. The molecule has 0 aliphatic rings. The van der Waals surface area contributed by atoms with Gasteiger partial charge in [0.15, 0.2) is 0 Å². The highest BCUT2D eigenvalue weighted by molar-refractivity contribution is 5.94. The highest BCUT2D eigenvalue weighted by Gasteiger charge is 2.05. The molecule has 0 fully saturated rings. The molecule has 0 saturated heterocycles. The van der Waals surface area contributed by atoms with Crippen molar-refractivity contribution < 1.29 is 4.79 Å². The van der Waals surface area contributed by atoms with Crippen LogP contribution in [0.5, 0.6) is 0 Å². The van der Waals surface area contributed by atoms with Gasteiger partial charge in [-0.3, -0.25) is 9.48 Å². The van der Waals surface area contributed by atoms with Crippen molar-refractivity contribution in [3.8, 4) is 0 Å². The Labute approximate surface area is 129 Å². The van der Waals surface area contributed by atoms with Crippen LogP contribution in [0, 0.1) is 6.92 Å². The van der Waals surface area contributed by atoms with Crippen LogP contribution in [-0.2, 0) is 6.54 Å². The van der Waals surface area contributed by atoms with Crippen LogP contribution in [0.2, 0.25) is 0 Å². The van der Waals surface area contributed by atoms with Gasteiger partial charge < -0.3 is 5.32 Å². The molecule has 112 valence electrons. The number of para-hydroxylation sites is 1. The van der Waals surface area contributed by atoms with Crippen molar-refractivity contribution in [2.24, 2.45) is 0 Å². The van der Waals surface area contributed by atoms with Crippen LogP contribution in [0.4, 0.5) is 0 Å². The van der Waals surface area contributed by atoms with Gasteiger partial charge in [0.05, 0.1) is 11.7 Å². The highest BCUT2D eigenvalue weighted by Crippen LogP contribution is 2.12. The zero-order chi connectivity index (χ0) is 15.4. The van der Waals surface area contributed by atoms with Gasteiger partial charge in [0.25, 0.3) is 5.91 Å². The van der Waals surface area contributed by atoms with Crippen molar-refractivity contribution in [2.45, 2.75) is 19.9 Å². The number of rotatable bonds is 5. The van der Waals surface area contributed by atoms with Gasteiger partial charge in [-0.2, -0.15) is 5.10 Å². The summed E-state index contributed by atoms with van der Waals surface area (Å²) in [5, 5.41) is 8.48. The topological polar surface area (TPSA) is 46.9 Å². The quantitative estimate of drug-likeness (QED) is 0.734. The smallest absolute Gasteiger partial charge is 0.251 e. The summed E-state index contributed by atoms with van der Waals surface area (Å²) in [5.41, 5.74) is 2.99. The van der Waals surface area contributed by atoms with E-state index in [2.05, 4.69) is 22.5 Å². The molecular weight excluding hydrogens is 274 g/mol. The number of amides is 1. The van der Waals surface area contributed by atoms with E-state index in [0.29, 0.717) is 12.1 Å². The molecule has 4 heteroatoms.